The second-order valence-corrected chi connectivity index (χ2v) is 7.70. The molecule has 0 radical (unpaired) electrons. The van der Waals surface area contributed by atoms with Crippen molar-refractivity contribution >= 4 is 57.1 Å². The minimum atomic E-state index is 0.886. The van der Waals surface area contributed by atoms with Crippen LogP contribution in [-0.2, 0) is 0 Å². The Morgan fingerprint density at radius 3 is 3.00 bits per heavy atom. The van der Waals surface area contributed by atoms with E-state index in [0.29, 0.717) is 0 Å². The highest BCUT2D eigenvalue weighted by Crippen LogP contribution is 2.48. The van der Waals surface area contributed by atoms with Crippen LogP contribution in [0.4, 0.5) is 0 Å². The van der Waals surface area contributed by atoms with Gasteiger partial charge in [-0.15, -0.1) is 23.5 Å². The van der Waals surface area contributed by atoms with E-state index in [1.807, 2.05) is 6.07 Å². The van der Waals surface area contributed by atoms with Crippen LogP contribution in [0.25, 0.3) is 16.7 Å². The zero-order valence-corrected chi connectivity index (χ0v) is 14.2. The van der Waals surface area contributed by atoms with E-state index >= 15 is 0 Å². The van der Waals surface area contributed by atoms with Gasteiger partial charge in [-0.1, -0.05) is 0 Å². The van der Waals surface area contributed by atoms with Gasteiger partial charge in [-0.3, -0.25) is 4.99 Å². The Kier molecular flexibility index (Phi) is 3.47. The average molecular weight is 334 g/mol. The molecule has 0 saturated carbocycles. The minimum absolute atomic E-state index is 0.886. The number of hydrogen-bond acceptors (Lipinski definition) is 6. The molecule has 0 saturated heterocycles. The highest BCUT2D eigenvalue weighted by Gasteiger charge is 2.34. The van der Waals surface area contributed by atoms with Crippen molar-refractivity contribution in [3.8, 4) is 0 Å². The van der Waals surface area contributed by atoms with Crippen LogP contribution in [-0.4, -0.2) is 35.7 Å². The molecule has 0 unspecified atom stereocenters. The summed E-state index contributed by atoms with van der Waals surface area (Å²) >= 11 is 5.33. The smallest absolute Gasteiger partial charge is 0.169 e. The number of fused-ring (bicyclic) bond motifs is 2. The summed E-state index contributed by atoms with van der Waals surface area (Å²) in [6, 6.07) is 6.47. The van der Waals surface area contributed by atoms with E-state index in [9.17, 15) is 0 Å². The highest BCUT2D eigenvalue weighted by atomic mass is 32.2. The fraction of sp³-hybridized carbons (Fsp3) is 0.267. The van der Waals surface area contributed by atoms with Gasteiger partial charge in [-0.05, 0) is 42.5 Å². The molecule has 1 aromatic heterocycles. The summed E-state index contributed by atoms with van der Waals surface area (Å²) in [6.07, 6.45) is 6.02. The number of aliphatic imine (C=N–C) groups is 1. The molecule has 0 N–H and O–H groups in total. The van der Waals surface area contributed by atoms with Crippen LogP contribution in [0.1, 0.15) is 5.56 Å². The van der Waals surface area contributed by atoms with Gasteiger partial charge in [0.05, 0.1) is 22.7 Å². The molecule has 2 aromatic rings. The van der Waals surface area contributed by atoms with Crippen molar-refractivity contribution in [2.24, 2.45) is 4.99 Å². The van der Waals surface area contributed by atoms with Gasteiger partial charge in [-0.25, -0.2) is 0 Å². The topological polar surface area (TPSA) is 28.7 Å². The fourth-order valence-corrected chi connectivity index (χ4v) is 5.09. The standard InChI is InChI=1S/C15H14N2OS3/c1-19-10-7-9-3-6-18-13(9)11(8-10)12-14(20-2)21-15-16-4-5-17(12)15/h3,6-8H,4-5H2,1-2H3. The zero-order valence-electron chi connectivity index (χ0n) is 11.8. The van der Waals surface area contributed by atoms with Crippen LogP contribution >= 0.6 is 35.3 Å². The highest BCUT2D eigenvalue weighted by molar-refractivity contribution is 8.30. The van der Waals surface area contributed by atoms with Crippen LogP contribution in [0.15, 0.2) is 43.0 Å². The molecule has 3 nitrogen and oxygen atoms in total. The molecule has 108 valence electrons. The molecule has 6 heteroatoms. The van der Waals surface area contributed by atoms with Crippen molar-refractivity contribution in [3.63, 3.8) is 0 Å². The van der Waals surface area contributed by atoms with Crippen molar-refractivity contribution in [1.82, 2.24) is 4.90 Å². The van der Waals surface area contributed by atoms with Crippen LogP contribution in [0.5, 0.6) is 0 Å². The van der Waals surface area contributed by atoms with Crippen molar-refractivity contribution in [1.29, 1.82) is 0 Å². The maximum Gasteiger partial charge on any atom is 0.169 e. The van der Waals surface area contributed by atoms with Crippen molar-refractivity contribution in [3.05, 3.63) is 34.3 Å². The Morgan fingerprint density at radius 1 is 1.29 bits per heavy atom. The Balaban J connectivity index is 1.96. The molecule has 0 atom stereocenters. The molecule has 3 heterocycles. The summed E-state index contributed by atoms with van der Waals surface area (Å²) < 4.78 is 7.08. The summed E-state index contributed by atoms with van der Waals surface area (Å²) in [5, 5.41) is 2.29. The van der Waals surface area contributed by atoms with E-state index in [1.165, 1.54) is 25.8 Å². The number of benzene rings is 1. The van der Waals surface area contributed by atoms with Gasteiger partial charge in [0.1, 0.15) is 5.58 Å². The van der Waals surface area contributed by atoms with Crippen LogP contribution in [0.2, 0.25) is 0 Å². The van der Waals surface area contributed by atoms with Crippen LogP contribution in [0.3, 0.4) is 0 Å². The first kappa shape index (κ1) is 13.7. The van der Waals surface area contributed by atoms with Crippen molar-refractivity contribution in [2.45, 2.75) is 4.90 Å². The van der Waals surface area contributed by atoms with Gasteiger partial charge < -0.3 is 9.32 Å². The fourth-order valence-electron chi connectivity index (χ4n) is 2.70. The van der Waals surface area contributed by atoms with Gasteiger partial charge in [0, 0.05) is 22.4 Å². The lowest BCUT2D eigenvalue weighted by atomic mass is 10.1. The summed E-state index contributed by atoms with van der Waals surface area (Å²) in [7, 11) is 0. The van der Waals surface area contributed by atoms with Crippen molar-refractivity contribution in [2.75, 3.05) is 25.6 Å². The lowest BCUT2D eigenvalue weighted by Gasteiger charge is -2.18. The van der Waals surface area contributed by atoms with E-state index in [-0.39, 0.29) is 0 Å². The second-order valence-electron chi connectivity index (χ2n) is 4.77. The molecular weight excluding hydrogens is 320 g/mol. The van der Waals surface area contributed by atoms with Crippen LogP contribution in [0, 0.1) is 0 Å². The zero-order chi connectivity index (χ0) is 14.4. The monoisotopic (exact) mass is 334 g/mol. The van der Waals surface area contributed by atoms with E-state index in [1.54, 1.807) is 41.5 Å². The summed E-state index contributed by atoms with van der Waals surface area (Å²) in [4.78, 5) is 8.19. The molecular formula is C15H14N2OS3. The number of hydrogen-bond donors (Lipinski definition) is 0. The third kappa shape index (κ3) is 2.12. The largest absolute Gasteiger partial charge is 0.464 e. The first-order chi connectivity index (χ1) is 10.3. The van der Waals surface area contributed by atoms with E-state index in [4.69, 9.17) is 4.42 Å². The molecule has 2 aliphatic rings. The minimum Gasteiger partial charge on any atom is -0.464 e. The third-order valence-electron chi connectivity index (χ3n) is 3.65. The second kappa shape index (κ2) is 5.34. The van der Waals surface area contributed by atoms with Gasteiger partial charge in [0.2, 0.25) is 0 Å². The lowest BCUT2D eigenvalue weighted by molar-refractivity contribution is 0.608. The third-order valence-corrected chi connectivity index (χ3v) is 6.58. The summed E-state index contributed by atoms with van der Waals surface area (Å²) in [5.74, 6) is 0. The van der Waals surface area contributed by atoms with Crippen molar-refractivity contribution < 1.29 is 4.42 Å². The van der Waals surface area contributed by atoms with E-state index in [2.05, 4.69) is 34.5 Å². The van der Waals surface area contributed by atoms with E-state index < -0.39 is 0 Å². The Bertz CT molecular complexity index is 778. The first-order valence-electron chi connectivity index (χ1n) is 6.65. The lowest BCUT2D eigenvalue weighted by Crippen LogP contribution is -2.20. The van der Waals surface area contributed by atoms with Crippen LogP contribution < -0.4 is 0 Å². The van der Waals surface area contributed by atoms with Gasteiger partial charge in [-0.2, -0.15) is 0 Å². The first-order valence-corrected chi connectivity index (χ1v) is 9.92. The maximum atomic E-state index is 5.77. The Labute approximate surface area is 136 Å². The SMILES string of the molecule is CSC1=C(c2cc(SC)cc3ccoc23)N2CCN=C2S1. The molecule has 0 amide bonds. The molecule has 2 aliphatic heterocycles. The Hall–Kier alpha value is -0.980. The molecule has 0 fully saturated rings. The van der Waals surface area contributed by atoms with Gasteiger partial charge in [0.25, 0.3) is 0 Å². The predicted molar refractivity (Wildman–Crippen MR) is 95.0 cm³/mol. The molecule has 21 heavy (non-hydrogen) atoms. The quantitative estimate of drug-likeness (QED) is 0.767. The normalized spacial score (nSPS) is 17.8. The molecule has 1 aromatic carbocycles. The van der Waals surface area contributed by atoms with Gasteiger partial charge >= 0.3 is 0 Å². The number of furan rings is 1. The summed E-state index contributed by atoms with van der Waals surface area (Å²) in [5.41, 5.74) is 3.42. The molecule has 4 rings (SSSR count). The van der Waals surface area contributed by atoms with E-state index in [0.717, 1.165) is 23.8 Å². The molecule has 0 bridgehead atoms. The number of thioether (sulfide) groups is 3. The Morgan fingerprint density at radius 2 is 2.19 bits per heavy atom. The number of nitrogens with zero attached hydrogens (tertiary/aromatic N) is 2. The number of rotatable bonds is 3. The molecule has 0 aliphatic carbocycles. The maximum absolute atomic E-state index is 5.77. The summed E-state index contributed by atoms with van der Waals surface area (Å²) in [6.45, 7) is 1.85. The number of amidine groups is 1. The predicted octanol–water partition coefficient (Wildman–Crippen LogP) is 4.56. The molecule has 0 spiro atoms. The van der Waals surface area contributed by atoms with Gasteiger partial charge in [0.15, 0.2) is 5.17 Å². The average Bonchev–Trinajstić information content (AvgIpc) is 3.20.